The third kappa shape index (κ3) is 4.11. The molecule has 1 heterocycles. The number of aromatic nitrogens is 1. The van der Waals surface area contributed by atoms with Crippen LogP contribution < -0.4 is 15.4 Å². The van der Waals surface area contributed by atoms with E-state index in [1.54, 1.807) is 31.5 Å². The number of halogens is 1. The van der Waals surface area contributed by atoms with Gasteiger partial charge in [-0.15, -0.1) is 0 Å². The Morgan fingerprint density at radius 3 is 2.60 bits per heavy atom. The van der Waals surface area contributed by atoms with Gasteiger partial charge in [0, 0.05) is 23.6 Å². The average Bonchev–Trinajstić information content (AvgIpc) is 2.64. The quantitative estimate of drug-likeness (QED) is 0.731. The summed E-state index contributed by atoms with van der Waals surface area (Å²) in [6.07, 6.45) is 1.59. The minimum Gasteiger partial charge on any atom is -0.497 e. The van der Waals surface area contributed by atoms with Crippen LogP contribution in [-0.2, 0) is 0 Å². The van der Waals surface area contributed by atoms with E-state index in [2.05, 4.69) is 15.6 Å². The van der Waals surface area contributed by atoms with Crippen LogP contribution >= 0.6 is 0 Å². The first-order valence-electron chi connectivity index (χ1n) is 7.59. The lowest BCUT2D eigenvalue weighted by molar-refractivity contribution is 0.102. The molecule has 0 saturated heterocycles. The number of carbonyl (C=O) groups is 1. The lowest BCUT2D eigenvalue weighted by Gasteiger charge is -2.12. The highest BCUT2D eigenvalue weighted by Crippen LogP contribution is 2.23. The molecule has 0 aliphatic carbocycles. The van der Waals surface area contributed by atoms with E-state index in [0.717, 1.165) is 5.69 Å². The maximum absolute atomic E-state index is 13.0. The van der Waals surface area contributed by atoms with Gasteiger partial charge in [0.05, 0.1) is 12.7 Å². The molecule has 3 rings (SSSR count). The molecule has 2 N–H and O–H groups in total. The zero-order valence-corrected chi connectivity index (χ0v) is 13.5. The highest BCUT2D eigenvalue weighted by Gasteiger charge is 2.13. The number of ether oxygens (including phenoxy) is 1. The summed E-state index contributed by atoms with van der Waals surface area (Å²) in [6, 6.07) is 16.2. The molecule has 6 heteroatoms. The standard InChI is InChI=1S/C19H16FN3O2/c1-25-16-5-2-4-15(12-16)22-18-17(6-3-11-21-18)19(24)23-14-9-7-13(20)8-10-14/h2-12H,1H3,(H,21,22)(H,23,24). The molecule has 0 spiro atoms. The number of pyridine rings is 1. The van der Waals surface area contributed by atoms with E-state index in [4.69, 9.17) is 4.74 Å². The number of hydrogen-bond acceptors (Lipinski definition) is 4. The summed E-state index contributed by atoms with van der Waals surface area (Å²) in [6.45, 7) is 0. The van der Waals surface area contributed by atoms with Crippen molar-refractivity contribution < 1.29 is 13.9 Å². The van der Waals surface area contributed by atoms with Crippen LogP contribution in [-0.4, -0.2) is 18.0 Å². The Kier molecular flexibility index (Phi) is 4.89. The number of carbonyl (C=O) groups excluding carboxylic acids is 1. The average molecular weight is 337 g/mol. The molecule has 1 aromatic heterocycles. The molecule has 5 nitrogen and oxygen atoms in total. The number of anilines is 3. The van der Waals surface area contributed by atoms with Crippen molar-refractivity contribution in [3.8, 4) is 5.75 Å². The number of amides is 1. The van der Waals surface area contributed by atoms with Crippen molar-refractivity contribution in [1.29, 1.82) is 0 Å². The molecule has 1 amide bonds. The van der Waals surface area contributed by atoms with Gasteiger partial charge in [-0.2, -0.15) is 0 Å². The lowest BCUT2D eigenvalue weighted by Crippen LogP contribution is -2.14. The molecule has 0 aliphatic rings. The van der Waals surface area contributed by atoms with Gasteiger partial charge in [-0.25, -0.2) is 9.37 Å². The van der Waals surface area contributed by atoms with Crippen molar-refractivity contribution in [2.45, 2.75) is 0 Å². The van der Waals surface area contributed by atoms with Gasteiger partial charge in [0.1, 0.15) is 17.4 Å². The predicted molar refractivity (Wildman–Crippen MR) is 94.9 cm³/mol. The van der Waals surface area contributed by atoms with E-state index in [1.165, 1.54) is 24.3 Å². The molecule has 0 fully saturated rings. The van der Waals surface area contributed by atoms with Crippen LogP contribution in [0.3, 0.4) is 0 Å². The summed E-state index contributed by atoms with van der Waals surface area (Å²) in [5.74, 6) is 0.401. The van der Waals surface area contributed by atoms with Crippen molar-refractivity contribution in [1.82, 2.24) is 4.98 Å². The summed E-state index contributed by atoms with van der Waals surface area (Å²) in [5, 5.41) is 5.83. The summed E-state index contributed by atoms with van der Waals surface area (Å²) < 4.78 is 18.2. The van der Waals surface area contributed by atoms with Crippen LogP contribution in [0.2, 0.25) is 0 Å². The number of benzene rings is 2. The van der Waals surface area contributed by atoms with Crippen LogP contribution in [0.15, 0.2) is 66.9 Å². The molecule has 0 saturated carbocycles. The highest BCUT2D eigenvalue weighted by atomic mass is 19.1. The molecule has 2 aromatic carbocycles. The van der Waals surface area contributed by atoms with Gasteiger partial charge in [-0.1, -0.05) is 6.07 Å². The van der Waals surface area contributed by atoms with Crippen molar-refractivity contribution in [3.05, 3.63) is 78.2 Å². The van der Waals surface area contributed by atoms with E-state index in [9.17, 15) is 9.18 Å². The van der Waals surface area contributed by atoms with E-state index >= 15 is 0 Å². The Hall–Kier alpha value is -3.41. The molecule has 0 atom stereocenters. The second kappa shape index (κ2) is 7.44. The lowest BCUT2D eigenvalue weighted by atomic mass is 10.2. The van der Waals surface area contributed by atoms with E-state index < -0.39 is 0 Å². The van der Waals surface area contributed by atoms with Crippen LogP contribution in [0.25, 0.3) is 0 Å². The summed E-state index contributed by atoms with van der Waals surface area (Å²) in [5.41, 5.74) is 1.62. The summed E-state index contributed by atoms with van der Waals surface area (Å²) >= 11 is 0. The van der Waals surface area contributed by atoms with Gasteiger partial charge >= 0.3 is 0 Å². The Labute approximate surface area is 144 Å². The van der Waals surface area contributed by atoms with Crippen LogP contribution in [0.5, 0.6) is 5.75 Å². The van der Waals surface area contributed by atoms with E-state index in [0.29, 0.717) is 22.8 Å². The monoisotopic (exact) mass is 337 g/mol. The third-order valence-corrected chi connectivity index (χ3v) is 3.49. The highest BCUT2D eigenvalue weighted by molar-refractivity contribution is 6.07. The second-order valence-electron chi connectivity index (χ2n) is 5.22. The molecule has 0 unspecified atom stereocenters. The zero-order valence-electron chi connectivity index (χ0n) is 13.5. The first-order chi connectivity index (χ1) is 12.2. The zero-order chi connectivity index (χ0) is 17.6. The fraction of sp³-hybridized carbons (Fsp3) is 0.0526. The van der Waals surface area contributed by atoms with Crippen molar-refractivity contribution >= 4 is 23.1 Å². The fourth-order valence-electron chi connectivity index (χ4n) is 2.26. The molecule has 0 aliphatic heterocycles. The minimum atomic E-state index is -0.361. The summed E-state index contributed by atoms with van der Waals surface area (Å²) in [4.78, 5) is 16.8. The molecule has 25 heavy (non-hydrogen) atoms. The maximum Gasteiger partial charge on any atom is 0.259 e. The Balaban J connectivity index is 1.82. The van der Waals surface area contributed by atoms with Crippen molar-refractivity contribution in [2.24, 2.45) is 0 Å². The Morgan fingerprint density at radius 2 is 1.84 bits per heavy atom. The van der Waals surface area contributed by atoms with Gasteiger partial charge in [0.2, 0.25) is 0 Å². The SMILES string of the molecule is COc1cccc(Nc2ncccc2C(=O)Nc2ccc(F)cc2)c1. The summed E-state index contributed by atoms with van der Waals surface area (Å²) in [7, 11) is 1.58. The number of nitrogens with zero attached hydrogens (tertiary/aromatic N) is 1. The first kappa shape index (κ1) is 16.4. The molecule has 3 aromatic rings. The van der Waals surface area contributed by atoms with Gasteiger partial charge in [-0.05, 0) is 48.5 Å². The largest absolute Gasteiger partial charge is 0.497 e. The maximum atomic E-state index is 13.0. The predicted octanol–water partition coefficient (Wildman–Crippen LogP) is 4.23. The molecule has 0 bridgehead atoms. The number of hydrogen-bond donors (Lipinski definition) is 2. The Morgan fingerprint density at radius 1 is 1.04 bits per heavy atom. The fourth-order valence-corrected chi connectivity index (χ4v) is 2.26. The molecule has 0 radical (unpaired) electrons. The van der Waals surface area contributed by atoms with Crippen molar-refractivity contribution in [3.63, 3.8) is 0 Å². The topological polar surface area (TPSA) is 63.2 Å². The molecule has 126 valence electrons. The smallest absolute Gasteiger partial charge is 0.259 e. The van der Waals surface area contributed by atoms with Gasteiger partial charge < -0.3 is 15.4 Å². The van der Waals surface area contributed by atoms with Crippen molar-refractivity contribution in [2.75, 3.05) is 17.7 Å². The number of rotatable bonds is 5. The van der Waals surface area contributed by atoms with Gasteiger partial charge in [-0.3, -0.25) is 4.79 Å². The molecular weight excluding hydrogens is 321 g/mol. The third-order valence-electron chi connectivity index (χ3n) is 3.49. The first-order valence-corrected chi connectivity index (χ1v) is 7.59. The van der Waals surface area contributed by atoms with Crippen LogP contribution in [0.1, 0.15) is 10.4 Å². The van der Waals surface area contributed by atoms with Crippen LogP contribution in [0, 0.1) is 5.82 Å². The van der Waals surface area contributed by atoms with E-state index in [1.807, 2.05) is 18.2 Å². The Bertz CT molecular complexity index is 882. The number of nitrogens with one attached hydrogen (secondary N) is 2. The molecular formula is C19H16FN3O2. The van der Waals surface area contributed by atoms with Crippen LogP contribution in [0.4, 0.5) is 21.6 Å². The van der Waals surface area contributed by atoms with E-state index in [-0.39, 0.29) is 11.7 Å². The van der Waals surface area contributed by atoms with Gasteiger partial charge in [0.25, 0.3) is 5.91 Å². The second-order valence-corrected chi connectivity index (χ2v) is 5.22. The number of methoxy groups -OCH3 is 1. The normalized spacial score (nSPS) is 10.2. The van der Waals surface area contributed by atoms with Gasteiger partial charge in [0.15, 0.2) is 0 Å². The minimum absolute atomic E-state index is 0.342.